The van der Waals surface area contributed by atoms with Crippen molar-refractivity contribution >= 4 is 5.69 Å². The van der Waals surface area contributed by atoms with E-state index >= 15 is 0 Å². The van der Waals surface area contributed by atoms with E-state index in [9.17, 15) is 8.78 Å². The number of hydrogen-bond donors (Lipinski definition) is 1. The molecular weight excluding hydrogens is 226 g/mol. The minimum Gasteiger partial charge on any atom is -0.444 e. The maximum absolute atomic E-state index is 13.3. The summed E-state index contributed by atoms with van der Waals surface area (Å²) in [6.07, 6.45) is 0. The van der Waals surface area contributed by atoms with Crippen LogP contribution in [0.5, 0.6) is 0 Å². The van der Waals surface area contributed by atoms with Crippen molar-refractivity contribution in [3.8, 4) is 0 Å². The molecule has 0 saturated heterocycles. The Balaban J connectivity index is 2.10. The van der Waals surface area contributed by atoms with Crippen molar-refractivity contribution in [2.24, 2.45) is 0 Å². The molecule has 0 radical (unpaired) electrons. The Morgan fingerprint density at radius 2 is 2.06 bits per heavy atom. The van der Waals surface area contributed by atoms with Gasteiger partial charge < -0.3 is 9.73 Å². The molecule has 17 heavy (non-hydrogen) atoms. The lowest BCUT2D eigenvalue weighted by molar-refractivity contribution is 0.476. The number of aromatic nitrogens is 1. The third-order valence-corrected chi connectivity index (χ3v) is 2.45. The first kappa shape index (κ1) is 11.6. The molecule has 0 unspecified atom stereocenters. The van der Waals surface area contributed by atoms with E-state index in [1.807, 2.05) is 6.92 Å². The maximum atomic E-state index is 13.3. The molecule has 90 valence electrons. The van der Waals surface area contributed by atoms with Crippen molar-refractivity contribution in [3.63, 3.8) is 0 Å². The molecule has 0 bridgehead atoms. The maximum Gasteiger partial charge on any atom is 0.213 e. The lowest BCUT2D eigenvalue weighted by atomic mass is 10.3. The molecule has 0 aliphatic rings. The molecule has 0 amide bonds. The van der Waals surface area contributed by atoms with Crippen LogP contribution in [0.25, 0.3) is 0 Å². The van der Waals surface area contributed by atoms with Gasteiger partial charge in [-0.05, 0) is 26.0 Å². The number of nitrogens with one attached hydrogen (secondary N) is 1. The second kappa shape index (κ2) is 4.53. The third-order valence-electron chi connectivity index (χ3n) is 2.45. The second-order valence-electron chi connectivity index (χ2n) is 3.70. The minimum absolute atomic E-state index is 0.0958. The summed E-state index contributed by atoms with van der Waals surface area (Å²) in [5, 5.41) is 2.74. The summed E-state index contributed by atoms with van der Waals surface area (Å²) in [6.45, 7) is 3.84. The zero-order valence-electron chi connectivity index (χ0n) is 9.55. The van der Waals surface area contributed by atoms with Gasteiger partial charge in [0.1, 0.15) is 5.76 Å². The highest BCUT2D eigenvalue weighted by Crippen LogP contribution is 2.17. The standard InChI is InChI=1S/C12H12F2N2O/c1-7-8(2)17-11(16-7)6-15-10-5-3-4-9(13)12(10)14/h3-5,15H,6H2,1-2H3. The van der Waals surface area contributed by atoms with Crippen molar-refractivity contribution < 1.29 is 13.2 Å². The van der Waals surface area contributed by atoms with Gasteiger partial charge in [-0.15, -0.1) is 0 Å². The molecule has 3 nitrogen and oxygen atoms in total. The first-order chi connectivity index (χ1) is 8.08. The number of nitrogens with zero attached hydrogens (tertiary/aromatic N) is 1. The van der Waals surface area contributed by atoms with Crippen molar-refractivity contribution in [2.75, 3.05) is 5.32 Å². The number of anilines is 1. The number of aryl methyl sites for hydroxylation is 2. The fraction of sp³-hybridized carbons (Fsp3) is 0.250. The van der Waals surface area contributed by atoms with Gasteiger partial charge in [0.15, 0.2) is 11.6 Å². The molecule has 0 atom stereocenters. The molecule has 5 heteroatoms. The van der Waals surface area contributed by atoms with E-state index in [1.165, 1.54) is 12.1 Å². The lowest BCUT2D eigenvalue weighted by Crippen LogP contribution is -2.02. The Kier molecular flexibility index (Phi) is 3.08. The fourth-order valence-corrected chi connectivity index (χ4v) is 1.43. The van der Waals surface area contributed by atoms with Crippen molar-refractivity contribution in [1.82, 2.24) is 4.98 Å². The largest absolute Gasteiger partial charge is 0.444 e. The van der Waals surface area contributed by atoms with E-state index < -0.39 is 11.6 Å². The Bertz CT molecular complexity index is 518. The SMILES string of the molecule is Cc1nc(CNc2cccc(F)c2F)oc1C. The molecule has 1 aromatic carbocycles. The Labute approximate surface area is 97.5 Å². The van der Waals surface area contributed by atoms with Gasteiger partial charge in [0, 0.05) is 0 Å². The quantitative estimate of drug-likeness (QED) is 0.892. The monoisotopic (exact) mass is 238 g/mol. The molecule has 0 aliphatic carbocycles. The third kappa shape index (κ3) is 2.43. The molecule has 2 rings (SSSR count). The average molecular weight is 238 g/mol. The second-order valence-corrected chi connectivity index (χ2v) is 3.70. The Hall–Kier alpha value is -1.91. The van der Waals surface area contributed by atoms with E-state index in [1.54, 1.807) is 6.92 Å². The predicted molar refractivity (Wildman–Crippen MR) is 59.7 cm³/mol. The highest BCUT2D eigenvalue weighted by atomic mass is 19.2. The van der Waals surface area contributed by atoms with E-state index in [0.29, 0.717) is 5.89 Å². The molecule has 2 aromatic rings. The predicted octanol–water partition coefficient (Wildman–Crippen LogP) is 3.18. The minimum atomic E-state index is -0.896. The van der Waals surface area contributed by atoms with Crippen LogP contribution in [0.1, 0.15) is 17.3 Å². The van der Waals surface area contributed by atoms with Gasteiger partial charge in [0.25, 0.3) is 0 Å². The van der Waals surface area contributed by atoms with Gasteiger partial charge in [-0.25, -0.2) is 13.8 Å². The fourth-order valence-electron chi connectivity index (χ4n) is 1.43. The van der Waals surface area contributed by atoms with Crippen LogP contribution in [0.15, 0.2) is 22.6 Å². The molecule has 1 aromatic heterocycles. The molecule has 1 N–H and O–H groups in total. The van der Waals surface area contributed by atoms with Gasteiger partial charge >= 0.3 is 0 Å². The summed E-state index contributed by atoms with van der Waals surface area (Å²) < 4.78 is 31.5. The number of benzene rings is 1. The molecule has 1 heterocycles. The van der Waals surface area contributed by atoms with E-state index in [0.717, 1.165) is 17.5 Å². The van der Waals surface area contributed by atoms with Crippen LogP contribution < -0.4 is 5.32 Å². The lowest BCUT2D eigenvalue weighted by Gasteiger charge is -2.05. The zero-order chi connectivity index (χ0) is 12.4. The van der Waals surface area contributed by atoms with Gasteiger partial charge in [-0.2, -0.15) is 0 Å². The first-order valence-corrected chi connectivity index (χ1v) is 5.18. The summed E-state index contributed by atoms with van der Waals surface area (Å²) in [5.41, 5.74) is 0.889. The summed E-state index contributed by atoms with van der Waals surface area (Å²) in [4.78, 5) is 4.13. The zero-order valence-corrected chi connectivity index (χ0v) is 9.55. The van der Waals surface area contributed by atoms with Crippen LogP contribution in [-0.2, 0) is 6.54 Å². The number of oxazole rings is 1. The van der Waals surface area contributed by atoms with Gasteiger partial charge in [-0.1, -0.05) is 6.07 Å². The topological polar surface area (TPSA) is 38.1 Å². The van der Waals surface area contributed by atoms with E-state index in [2.05, 4.69) is 10.3 Å². The summed E-state index contributed by atoms with van der Waals surface area (Å²) >= 11 is 0. The number of hydrogen-bond acceptors (Lipinski definition) is 3. The molecule has 0 spiro atoms. The highest BCUT2D eigenvalue weighted by molar-refractivity contribution is 5.44. The van der Waals surface area contributed by atoms with Gasteiger partial charge in [0.05, 0.1) is 17.9 Å². The van der Waals surface area contributed by atoms with Crippen LogP contribution in [0.4, 0.5) is 14.5 Å². The Morgan fingerprint density at radius 3 is 2.71 bits per heavy atom. The average Bonchev–Trinajstić information content (AvgIpc) is 2.61. The van der Waals surface area contributed by atoms with E-state index in [4.69, 9.17) is 4.42 Å². The summed E-state index contributed by atoms with van der Waals surface area (Å²) in [5.74, 6) is -0.604. The number of rotatable bonds is 3. The van der Waals surface area contributed by atoms with Crippen molar-refractivity contribution in [3.05, 3.63) is 47.2 Å². The molecule has 0 saturated carbocycles. The molecular formula is C12H12F2N2O. The molecule has 0 fully saturated rings. The van der Waals surface area contributed by atoms with E-state index in [-0.39, 0.29) is 12.2 Å². The molecule has 0 aliphatic heterocycles. The van der Waals surface area contributed by atoms with Crippen LogP contribution in [0.3, 0.4) is 0 Å². The van der Waals surface area contributed by atoms with Crippen LogP contribution in [0, 0.1) is 25.5 Å². The van der Waals surface area contributed by atoms with Gasteiger partial charge in [0.2, 0.25) is 5.89 Å². The summed E-state index contributed by atoms with van der Waals surface area (Å²) in [7, 11) is 0. The Morgan fingerprint density at radius 1 is 1.29 bits per heavy atom. The van der Waals surface area contributed by atoms with Crippen LogP contribution in [-0.4, -0.2) is 4.98 Å². The van der Waals surface area contributed by atoms with Crippen molar-refractivity contribution in [1.29, 1.82) is 0 Å². The summed E-state index contributed by atoms with van der Waals surface area (Å²) in [6, 6.07) is 3.97. The normalized spacial score (nSPS) is 10.6. The number of halogens is 2. The first-order valence-electron chi connectivity index (χ1n) is 5.18. The smallest absolute Gasteiger partial charge is 0.213 e. The van der Waals surface area contributed by atoms with Crippen LogP contribution >= 0.6 is 0 Å². The van der Waals surface area contributed by atoms with Crippen LogP contribution in [0.2, 0.25) is 0 Å². The van der Waals surface area contributed by atoms with Crippen molar-refractivity contribution in [2.45, 2.75) is 20.4 Å². The van der Waals surface area contributed by atoms with Gasteiger partial charge in [-0.3, -0.25) is 0 Å². The highest BCUT2D eigenvalue weighted by Gasteiger charge is 2.09.